The van der Waals surface area contributed by atoms with E-state index >= 15 is 0 Å². The van der Waals surface area contributed by atoms with E-state index in [2.05, 4.69) is 4.98 Å². The number of carbonyl (C=O) groups excluding carboxylic acids is 1. The number of aromatic carboxylic acids is 1. The van der Waals surface area contributed by atoms with Crippen molar-refractivity contribution >= 4 is 23.4 Å². The van der Waals surface area contributed by atoms with E-state index in [1.165, 1.54) is 17.4 Å². The van der Waals surface area contributed by atoms with Gasteiger partial charge in [0.1, 0.15) is 22.5 Å². The molecule has 1 N–H and O–H groups in total. The number of piperidine rings is 1. The second-order valence-corrected chi connectivity index (χ2v) is 9.37. The third-order valence-electron chi connectivity index (χ3n) is 4.35. The second-order valence-electron chi connectivity index (χ2n) is 8.14. The number of carboxylic acids is 1. The van der Waals surface area contributed by atoms with Gasteiger partial charge in [0.05, 0.1) is 12.1 Å². The fourth-order valence-corrected chi connectivity index (χ4v) is 3.87. The van der Waals surface area contributed by atoms with Crippen molar-refractivity contribution in [3.63, 3.8) is 0 Å². The summed E-state index contributed by atoms with van der Waals surface area (Å²) in [4.78, 5) is 31.0. The van der Waals surface area contributed by atoms with Crippen LogP contribution in [0.2, 0.25) is 0 Å². The average molecular weight is 419 g/mol. The molecule has 1 aromatic heterocycles. The largest absolute Gasteiger partial charge is 0.489 e. The number of carboxylic acid groups (broad SMARTS) is 1. The Morgan fingerprint density at radius 1 is 1.28 bits per heavy atom. The number of likely N-dealkylation sites (tertiary alicyclic amines) is 1. The number of aromatic nitrogens is 1. The van der Waals surface area contributed by atoms with E-state index in [1.807, 2.05) is 27.7 Å². The highest BCUT2D eigenvalue weighted by atomic mass is 32.1. The highest BCUT2D eigenvalue weighted by Gasteiger charge is 2.28. The third kappa shape index (κ3) is 5.69. The van der Waals surface area contributed by atoms with E-state index in [9.17, 15) is 14.7 Å². The SMILES string of the molecule is Cc1cnc(-c2cc(OC3CCCN(C(=O)OC(C)(C)C)C3)cc(C(=O)O)c2)s1. The van der Waals surface area contributed by atoms with Crippen LogP contribution in [-0.2, 0) is 4.74 Å². The summed E-state index contributed by atoms with van der Waals surface area (Å²) in [5.74, 6) is -0.562. The minimum atomic E-state index is -1.02. The van der Waals surface area contributed by atoms with Gasteiger partial charge in [-0.25, -0.2) is 14.6 Å². The molecule has 0 bridgehead atoms. The average Bonchev–Trinajstić information content (AvgIpc) is 3.07. The molecular formula is C21H26N2O5S. The number of carbonyl (C=O) groups is 2. The summed E-state index contributed by atoms with van der Waals surface area (Å²) in [5, 5.41) is 10.2. The highest BCUT2D eigenvalue weighted by molar-refractivity contribution is 7.14. The topological polar surface area (TPSA) is 89.0 Å². The molecule has 0 saturated carbocycles. The van der Waals surface area contributed by atoms with Crippen molar-refractivity contribution in [1.29, 1.82) is 0 Å². The zero-order chi connectivity index (χ0) is 21.2. The highest BCUT2D eigenvalue weighted by Crippen LogP contribution is 2.30. The first-order valence-electron chi connectivity index (χ1n) is 9.56. The monoisotopic (exact) mass is 418 g/mol. The van der Waals surface area contributed by atoms with Gasteiger partial charge in [-0.05, 0) is 58.7 Å². The van der Waals surface area contributed by atoms with Crippen molar-refractivity contribution < 1.29 is 24.2 Å². The Kier molecular flexibility index (Phi) is 6.12. The molecule has 8 heteroatoms. The molecule has 1 aliphatic rings. The maximum Gasteiger partial charge on any atom is 0.410 e. The third-order valence-corrected chi connectivity index (χ3v) is 5.32. The summed E-state index contributed by atoms with van der Waals surface area (Å²) in [6.45, 7) is 8.48. The minimum Gasteiger partial charge on any atom is -0.489 e. The maximum absolute atomic E-state index is 12.4. The summed E-state index contributed by atoms with van der Waals surface area (Å²) >= 11 is 1.50. The molecule has 2 aromatic rings. The summed E-state index contributed by atoms with van der Waals surface area (Å²) in [5.41, 5.74) is 0.296. The van der Waals surface area contributed by atoms with Crippen molar-refractivity contribution in [2.45, 2.75) is 52.2 Å². The quantitative estimate of drug-likeness (QED) is 0.781. The number of aryl methyl sites for hydroxylation is 1. The van der Waals surface area contributed by atoms with Gasteiger partial charge in [0.2, 0.25) is 0 Å². The molecule has 1 amide bonds. The number of nitrogens with zero attached hydrogens (tertiary/aromatic N) is 2. The molecule has 1 fully saturated rings. The van der Waals surface area contributed by atoms with Gasteiger partial charge in [0, 0.05) is 23.2 Å². The molecule has 1 atom stereocenters. The number of rotatable bonds is 4. The van der Waals surface area contributed by atoms with Gasteiger partial charge in [-0.2, -0.15) is 0 Å². The molecule has 1 aliphatic heterocycles. The van der Waals surface area contributed by atoms with E-state index in [0.717, 1.165) is 22.7 Å². The van der Waals surface area contributed by atoms with Crippen molar-refractivity contribution in [2.24, 2.45) is 0 Å². The first-order chi connectivity index (χ1) is 13.6. The van der Waals surface area contributed by atoms with E-state index in [-0.39, 0.29) is 17.8 Å². The van der Waals surface area contributed by atoms with E-state index in [0.29, 0.717) is 24.4 Å². The van der Waals surface area contributed by atoms with Gasteiger partial charge in [0.25, 0.3) is 0 Å². The standard InChI is InChI=1S/C21H26N2O5S/c1-13-11-22-18(29-13)14-8-15(19(24)25)10-17(9-14)27-16-6-5-7-23(12-16)20(26)28-21(2,3)4/h8-11,16H,5-7,12H2,1-4H3,(H,24,25). The molecule has 3 rings (SSSR count). The normalized spacial score (nSPS) is 17.1. The Morgan fingerprint density at radius 3 is 2.66 bits per heavy atom. The van der Waals surface area contributed by atoms with Crippen LogP contribution in [0.15, 0.2) is 24.4 Å². The van der Waals surface area contributed by atoms with Crippen LogP contribution < -0.4 is 4.74 Å². The lowest BCUT2D eigenvalue weighted by Crippen LogP contribution is -2.46. The Morgan fingerprint density at radius 2 is 2.03 bits per heavy atom. The lowest BCUT2D eigenvalue weighted by Gasteiger charge is -2.34. The van der Waals surface area contributed by atoms with Gasteiger partial charge in [-0.3, -0.25) is 0 Å². The summed E-state index contributed by atoms with van der Waals surface area (Å²) in [7, 11) is 0. The molecule has 2 heterocycles. The predicted molar refractivity (Wildman–Crippen MR) is 111 cm³/mol. The fraction of sp³-hybridized carbons (Fsp3) is 0.476. The van der Waals surface area contributed by atoms with Gasteiger partial charge >= 0.3 is 12.1 Å². The predicted octanol–water partition coefficient (Wildman–Crippen LogP) is 4.60. The lowest BCUT2D eigenvalue weighted by molar-refractivity contribution is 0.00776. The van der Waals surface area contributed by atoms with Crippen LogP contribution in [0.1, 0.15) is 48.8 Å². The van der Waals surface area contributed by atoms with Gasteiger partial charge < -0.3 is 19.5 Å². The minimum absolute atomic E-state index is 0.144. The molecule has 7 nitrogen and oxygen atoms in total. The first kappa shape index (κ1) is 21.1. The number of hydrogen-bond acceptors (Lipinski definition) is 6. The Labute approximate surface area is 174 Å². The fourth-order valence-electron chi connectivity index (χ4n) is 3.12. The van der Waals surface area contributed by atoms with Crippen LogP contribution in [0.5, 0.6) is 5.75 Å². The number of hydrogen-bond donors (Lipinski definition) is 1. The van der Waals surface area contributed by atoms with E-state index < -0.39 is 11.6 Å². The van der Waals surface area contributed by atoms with E-state index in [4.69, 9.17) is 9.47 Å². The number of thiazole rings is 1. The summed E-state index contributed by atoms with van der Waals surface area (Å²) < 4.78 is 11.5. The second kappa shape index (κ2) is 8.41. The molecule has 0 aliphatic carbocycles. The van der Waals surface area contributed by atoms with Crippen LogP contribution in [0.25, 0.3) is 10.6 Å². The van der Waals surface area contributed by atoms with Gasteiger partial charge in [0.15, 0.2) is 0 Å². The zero-order valence-electron chi connectivity index (χ0n) is 17.1. The Hall–Kier alpha value is -2.61. The molecule has 1 aromatic carbocycles. The van der Waals surface area contributed by atoms with Crippen molar-refractivity contribution in [3.05, 3.63) is 34.8 Å². The van der Waals surface area contributed by atoms with Gasteiger partial charge in [-0.15, -0.1) is 11.3 Å². The van der Waals surface area contributed by atoms with Crippen LogP contribution in [0, 0.1) is 6.92 Å². The molecule has 0 radical (unpaired) electrons. The number of amides is 1. The zero-order valence-corrected chi connectivity index (χ0v) is 17.9. The molecular weight excluding hydrogens is 392 g/mol. The van der Waals surface area contributed by atoms with Crippen molar-refractivity contribution in [3.8, 4) is 16.3 Å². The molecule has 29 heavy (non-hydrogen) atoms. The number of ether oxygens (including phenoxy) is 2. The molecule has 1 saturated heterocycles. The lowest BCUT2D eigenvalue weighted by atomic mass is 10.1. The van der Waals surface area contributed by atoms with Crippen LogP contribution in [0.3, 0.4) is 0 Å². The van der Waals surface area contributed by atoms with E-state index in [1.54, 1.807) is 23.2 Å². The Bertz CT molecular complexity index is 903. The first-order valence-corrected chi connectivity index (χ1v) is 10.4. The molecule has 0 spiro atoms. The summed E-state index contributed by atoms with van der Waals surface area (Å²) in [6.07, 6.45) is 2.74. The van der Waals surface area contributed by atoms with Crippen LogP contribution in [-0.4, -0.2) is 51.8 Å². The Balaban J connectivity index is 1.77. The van der Waals surface area contributed by atoms with Crippen LogP contribution >= 0.6 is 11.3 Å². The van der Waals surface area contributed by atoms with Gasteiger partial charge in [-0.1, -0.05) is 0 Å². The summed E-state index contributed by atoms with van der Waals surface area (Å²) in [6, 6.07) is 4.91. The smallest absolute Gasteiger partial charge is 0.410 e. The maximum atomic E-state index is 12.4. The number of benzene rings is 1. The molecule has 1 unspecified atom stereocenters. The van der Waals surface area contributed by atoms with Crippen molar-refractivity contribution in [1.82, 2.24) is 9.88 Å². The van der Waals surface area contributed by atoms with Crippen LogP contribution in [0.4, 0.5) is 4.79 Å². The van der Waals surface area contributed by atoms with Crippen molar-refractivity contribution in [2.75, 3.05) is 13.1 Å². The molecule has 156 valence electrons.